The number of rotatable bonds is 11. The van der Waals surface area contributed by atoms with Gasteiger partial charge in [-0.2, -0.15) is 0 Å². The monoisotopic (exact) mass is 438 g/mol. The molecule has 9 heteroatoms. The molecule has 0 aliphatic carbocycles. The summed E-state index contributed by atoms with van der Waals surface area (Å²) in [6.07, 6.45) is 8.12. The quantitative estimate of drug-likeness (QED) is 0.280. The smallest absolute Gasteiger partial charge is 0.166 e. The molecule has 0 bridgehead atoms. The van der Waals surface area contributed by atoms with E-state index in [4.69, 9.17) is 4.74 Å². The number of thioether (sulfide) groups is 1. The Morgan fingerprint density at radius 2 is 1.73 bits per heavy atom. The molecule has 0 spiro atoms. The van der Waals surface area contributed by atoms with Gasteiger partial charge in [0.1, 0.15) is 23.1 Å². The van der Waals surface area contributed by atoms with Crippen LogP contribution in [0.5, 0.6) is 0 Å². The molecule has 0 radical (unpaired) electrons. The molecule has 2 aromatic heterocycles. The summed E-state index contributed by atoms with van der Waals surface area (Å²) in [6, 6.07) is 0. The van der Waals surface area contributed by atoms with Crippen LogP contribution in [0.1, 0.15) is 33.9 Å². The molecular weight excluding hydrogens is 400 g/mol. The second-order valence-electron chi connectivity index (χ2n) is 6.03. The standard InChI is InChI=1S/C15H26N6O2S.2C3H6/c1-4-16-6-11(8-22)23-12(7-17-5-2)21-10-20-13-14(21)18-9-19-15(13)24-3;2*1-3-2/h9-12,16-17,22H,4-8H2,1-3H3;2*3H,1H2,2H3. The highest BCUT2D eigenvalue weighted by Gasteiger charge is 2.21. The van der Waals surface area contributed by atoms with Crippen LogP contribution in [0.25, 0.3) is 11.2 Å². The van der Waals surface area contributed by atoms with E-state index in [-0.39, 0.29) is 18.9 Å². The Bertz CT molecular complexity index is 704. The van der Waals surface area contributed by atoms with Gasteiger partial charge in [-0.05, 0) is 33.2 Å². The van der Waals surface area contributed by atoms with Gasteiger partial charge in [0.2, 0.25) is 0 Å². The molecule has 3 N–H and O–H groups in total. The molecule has 2 aromatic rings. The van der Waals surface area contributed by atoms with E-state index in [1.54, 1.807) is 24.8 Å². The third-order valence-electron chi connectivity index (χ3n) is 3.57. The summed E-state index contributed by atoms with van der Waals surface area (Å²) >= 11 is 1.54. The van der Waals surface area contributed by atoms with Crippen molar-refractivity contribution in [3.8, 4) is 0 Å². The van der Waals surface area contributed by atoms with Crippen LogP contribution in [0, 0.1) is 0 Å². The Kier molecular flexibility index (Phi) is 17.0. The minimum absolute atomic E-state index is 0.0483. The zero-order valence-electron chi connectivity index (χ0n) is 19.0. The maximum atomic E-state index is 9.58. The van der Waals surface area contributed by atoms with Crippen LogP contribution >= 0.6 is 11.8 Å². The first-order valence-corrected chi connectivity index (χ1v) is 11.3. The van der Waals surface area contributed by atoms with Crippen molar-refractivity contribution >= 4 is 22.9 Å². The predicted octanol–water partition coefficient (Wildman–Crippen LogP) is 3.03. The summed E-state index contributed by atoms with van der Waals surface area (Å²) < 4.78 is 8.01. The van der Waals surface area contributed by atoms with Crippen LogP contribution in [0.15, 0.2) is 43.0 Å². The molecule has 0 aliphatic rings. The van der Waals surface area contributed by atoms with Gasteiger partial charge in [-0.3, -0.25) is 4.57 Å². The van der Waals surface area contributed by atoms with E-state index < -0.39 is 0 Å². The second-order valence-corrected chi connectivity index (χ2v) is 6.83. The van der Waals surface area contributed by atoms with Gasteiger partial charge >= 0.3 is 0 Å². The number of aliphatic hydroxyl groups is 1. The first kappa shape index (κ1) is 28.2. The third kappa shape index (κ3) is 9.82. The van der Waals surface area contributed by atoms with Gasteiger partial charge in [-0.1, -0.05) is 26.0 Å². The van der Waals surface area contributed by atoms with Crippen LogP contribution in [0.4, 0.5) is 0 Å². The van der Waals surface area contributed by atoms with E-state index in [9.17, 15) is 5.11 Å². The molecule has 0 aromatic carbocycles. The molecule has 8 nitrogen and oxygen atoms in total. The number of allylic oxidation sites excluding steroid dienone is 2. The molecular formula is C21H38N6O2S. The fourth-order valence-corrected chi connectivity index (χ4v) is 2.84. The lowest BCUT2D eigenvalue weighted by Gasteiger charge is -2.25. The van der Waals surface area contributed by atoms with Crippen molar-refractivity contribution in [3.05, 3.63) is 38.0 Å². The van der Waals surface area contributed by atoms with E-state index >= 15 is 0 Å². The van der Waals surface area contributed by atoms with Crippen LogP contribution < -0.4 is 10.6 Å². The topological polar surface area (TPSA) is 97.1 Å². The largest absolute Gasteiger partial charge is 0.394 e. The lowest BCUT2D eigenvalue weighted by molar-refractivity contribution is -0.0699. The van der Waals surface area contributed by atoms with Gasteiger partial charge in [0, 0.05) is 13.1 Å². The number of imidazole rings is 1. The van der Waals surface area contributed by atoms with Gasteiger partial charge < -0.3 is 20.5 Å². The highest BCUT2D eigenvalue weighted by atomic mass is 32.2. The number of likely N-dealkylation sites (N-methyl/N-ethyl adjacent to an activating group) is 2. The van der Waals surface area contributed by atoms with Crippen LogP contribution in [-0.2, 0) is 4.74 Å². The number of hydrogen-bond donors (Lipinski definition) is 3. The average molecular weight is 439 g/mol. The Morgan fingerprint density at radius 3 is 2.27 bits per heavy atom. The number of fused-ring (bicyclic) bond motifs is 1. The maximum Gasteiger partial charge on any atom is 0.166 e. The lowest BCUT2D eigenvalue weighted by atomic mass is 10.3. The van der Waals surface area contributed by atoms with Crippen molar-refractivity contribution in [2.75, 3.05) is 39.0 Å². The minimum atomic E-state index is -0.310. The van der Waals surface area contributed by atoms with Gasteiger partial charge in [-0.25, -0.2) is 15.0 Å². The van der Waals surface area contributed by atoms with Crippen LogP contribution in [0.3, 0.4) is 0 Å². The second kappa shape index (κ2) is 18.0. The van der Waals surface area contributed by atoms with Crippen molar-refractivity contribution in [2.45, 2.75) is 45.1 Å². The summed E-state index contributed by atoms with van der Waals surface area (Å²) in [4.78, 5) is 13.1. The molecule has 2 heterocycles. The van der Waals surface area contributed by atoms with E-state index in [0.29, 0.717) is 13.1 Å². The molecule has 0 amide bonds. The van der Waals surface area contributed by atoms with E-state index in [0.717, 1.165) is 29.3 Å². The molecule has 2 unspecified atom stereocenters. The Labute approximate surface area is 185 Å². The zero-order chi connectivity index (χ0) is 22.8. The van der Waals surface area contributed by atoms with Gasteiger partial charge in [0.25, 0.3) is 0 Å². The molecule has 0 saturated heterocycles. The highest BCUT2D eigenvalue weighted by Crippen LogP contribution is 2.24. The van der Waals surface area contributed by atoms with Crippen molar-refractivity contribution in [1.29, 1.82) is 0 Å². The molecule has 2 rings (SSSR count). The van der Waals surface area contributed by atoms with Crippen molar-refractivity contribution in [2.24, 2.45) is 0 Å². The number of nitrogens with zero attached hydrogens (tertiary/aromatic N) is 4. The summed E-state index contributed by atoms with van der Waals surface area (Å²) in [5, 5.41) is 16.9. The highest BCUT2D eigenvalue weighted by molar-refractivity contribution is 7.98. The first-order valence-electron chi connectivity index (χ1n) is 10.1. The molecule has 30 heavy (non-hydrogen) atoms. The predicted molar refractivity (Wildman–Crippen MR) is 127 cm³/mol. The van der Waals surface area contributed by atoms with E-state index in [1.807, 2.05) is 38.5 Å². The number of nitrogens with one attached hydrogen (secondary N) is 2. The van der Waals surface area contributed by atoms with E-state index in [2.05, 4.69) is 38.7 Å². The van der Waals surface area contributed by atoms with Crippen molar-refractivity contribution in [3.63, 3.8) is 0 Å². The molecule has 0 saturated carbocycles. The molecule has 0 fully saturated rings. The molecule has 170 valence electrons. The summed E-state index contributed by atoms with van der Waals surface area (Å²) in [5.41, 5.74) is 1.50. The zero-order valence-corrected chi connectivity index (χ0v) is 19.8. The van der Waals surface area contributed by atoms with Crippen LogP contribution in [0.2, 0.25) is 0 Å². The summed E-state index contributed by atoms with van der Waals surface area (Å²) in [6.45, 7) is 17.4. The van der Waals surface area contributed by atoms with Gasteiger partial charge in [0.15, 0.2) is 5.65 Å². The third-order valence-corrected chi connectivity index (χ3v) is 4.26. The maximum absolute atomic E-state index is 9.58. The SMILES string of the molecule is C=CC.C=CC.CCNCC(CO)OC(CNCC)n1cnc2c(SC)ncnc21. The fourth-order valence-electron chi connectivity index (χ4n) is 2.35. The first-order chi connectivity index (χ1) is 14.6. The average Bonchev–Trinajstić information content (AvgIpc) is 3.19. The number of ether oxygens (including phenoxy) is 1. The Hall–Kier alpha value is -1.78. The summed E-state index contributed by atoms with van der Waals surface area (Å²) in [7, 11) is 0. The lowest BCUT2D eigenvalue weighted by Crippen LogP contribution is -2.37. The molecule has 0 aliphatic heterocycles. The van der Waals surface area contributed by atoms with Crippen molar-refractivity contribution in [1.82, 2.24) is 30.2 Å². The number of aliphatic hydroxyl groups excluding tert-OH is 1. The summed E-state index contributed by atoms with van der Waals surface area (Å²) in [5.74, 6) is 0. The normalized spacial score (nSPS) is 12.2. The Balaban J connectivity index is 0.00000125. The fraction of sp³-hybridized carbons (Fsp3) is 0.571. The van der Waals surface area contributed by atoms with Crippen LogP contribution in [-0.4, -0.2) is 69.8 Å². The minimum Gasteiger partial charge on any atom is -0.394 e. The van der Waals surface area contributed by atoms with Crippen molar-refractivity contribution < 1.29 is 9.84 Å². The van der Waals surface area contributed by atoms with Gasteiger partial charge in [0.05, 0.1) is 19.0 Å². The number of aromatic nitrogens is 4. The van der Waals surface area contributed by atoms with E-state index in [1.165, 1.54) is 11.8 Å². The van der Waals surface area contributed by atoms with Gasteiger partial charge in [-0.15, -0.1) is 24.9 Å². The molecule has 2 atom stereocenters. The number of hydrogen-bond acceptors (Lipinski definition) is 8. The Morgan fingerprint density at radius 1 is 1.13 bits per heavy atom.